The first kappa shape index (κ1) is 7.34. The lowest BCUT2D eigenvalue weighted by Gasteiger charge is -2.08. The summed E-state index contributed by atoms with van der Waals surface area (Å²) < 4.78 is 0. The molecule has 0 bridgehead atoms. The Balaban J connectivity index is 2.60. The van der Waals surface area contributed by atoms with Gasteiger partial charge in [-0.1, -0.05) is 6.08 Å². The Morgan fingerprint density at radius 2 is 2.50 bits per heavy atom. The van der Waals surface area contributed by atoms with Gasteiger partial charge in [-0.15, -0.1) is 11.8 Å². The molecular weight excluding hydrogens is 150 g/mol. The van der Waals surface area contributed by atoms with Crippen molar-refractivity contribution in [3.63, 3.8) is 0 Å². The molecule has 54 valence electrons. The summed E-state index contributed by atoms with van der Waals surface area (Å²) in [5.74, 6) is 0.250. The summed E-state index contributed by atoms with van der Waals surface area (Å²) >= 11 is 1.41. The van der Waals surface area contributed by atoms with Gasteiger partial charge in [0.1, 0.15) is 0 Å². The zero-order valence-electron chi connectivity index (χ0n) is 5.32. The van der Waals surface area contributed by atoms with E-state index in [9.17, 15) is 9.59 Å². The first-order chi connectivity index (χ1) is 4.84. The monoisotopic (exact) mass is 157 g/mol. The van der Waals surface area contributed by atoms with Crippen molar-refractivity contribution in [3.8, 4) is 0 Å². The molecule has 0 radical (unpaired) electrons. The van der Waals surface area contributed by atoms with Gasteiger partial charge in [0.2, 0.25) is 12.3 Å². The average Bonchev–Trinajstić information content (AvgIpc) is 2.13. The maximum absolute atomic E-state index is 10.9. The van der Waals surface area contributed by atoms with Crippen LogP contribution in [0.2, 0.25) is 0 Å². The molecule has 1 rings (SSSR count). The minimum Gasteiger partial charge on any atom is -0.281 e. The SMILES string of the molecule is O=CN1CC=CSCC1=O. The van der Waals surface area contributed by atoms with E-state index in [0.29, 0.717) is 18.7 Å². The summed E-state index contributed by atoms with van der Waals surface area (Å²) in [6, 6.07) is 0. The second-order valence-electron chi connectivity index (χ2n) is 1.83. The van der Waals surface area contributed by atoms with Gasteiger partial charge in [0.25, 0.3) is 0 Å². The molecule has 0 aliphatic carbocycles. The van der Waals surface area contributed by atoms with Gasteiger partial charge in [-0.25, -0.2) is 0 Å². The van der Waals surface area contributed by atoms with Gasteiger partial charge in [0.15, 0.2) is 0 Å². The quantitative estimate of drug-likeness (QED) is 0.511. The topological polar surface area (TPSA) is 37.4 Å². The zero-order chi connectivity index (χ0) is 7.40. The molecule has 0 saturated heterocycles. The van der Waals surface area contributed by atoms with Crippen LogP contribution in [0.4, 0.5) is 0 Å². The Bertz CT molecular complexity index is 179. The van der Waals surface area contributed by atoms with Crippen molar-refractivity contribution < 1.29 is 9.59 Å². The Morgan fingerprint density at radius 1 is 1.70 bits per heavy atom. The van der Waals surface area contributed by atoms with Crippen molar-refractivity contribution >= 4 is 24.1 Å². The van der Waals surface area contributed by atoms with Crippen LogP contribution in [0.15, 0.2) is 11.5 Å². The number of nitrogens with zero attached hydrogens (tertiary/aromatic N) is 1. The summed E-state index contributed by atoms with van der Waals surface area (Å²) in [7, 11) is 0. The second-order valence-corrected chi connectivity index (χ2v) is 2.73. The van der Waals surface area contributed by atoms with Crippen LogP contribution in [0, 0.1) is 0 Å². The van der Waals surface area contributed by atoms with Crippen LogP contribution in [0.5, 0.6) is 0 Å². The first-order valence-electron chi connectivity index (χ1n) is 2.86. The van der Waals surface area contributed by atoms with E-state index in [1.807, 2.05) is 5.41 Å². The molecule has 0 spiro atoms. The van der Waals surface area contributed by atoms with Gasteiger partial charge in [-0.05, 0) is 5.41 Å². The molecule has 3 nitrogen and oxygen atoms in total. The van der Waals surface area contributed by atoms with E-state index in [2.05, 4.69) is 0 Å². The number of rotatable bonds is 1. The molecule has 0 aromatic heterocycles. The third kappa shape index (κ3) is 1.60. The smallest absolute Gasteiger partial charge is 0.239 e. The maximum atomic E-state index is 10.9. The number of carbonyl (C=O) groups is 2. The van der Waals surface area contributed by atoms with Crippen molar-refractivity contribution in [2.24, 2.45) is 0 Å². The predicted molar refractivity (Wildman–Crippen MR) is 39.4 cm³/mol. The Labute approximate surface area is 63.1 Å². The Kier molecular flexibility index (Phi) is 2.50. The van der Waals surface area contributed by atoms with Gasteiger partial charge >= 0.3 is 0 Å². The lowest BCUT2D eigenvalue weighted by molar-refractivity contribution is -0.135. The number of amides is 2. The number of carbonyl (C=O) groups excluding carboxylic acids is 2. The highest BCUT2D eigenvalue weighted by Gasteiger charge is 2.11. The van der Waals surface area contributed by atoms with E-state index in [1.165, 1.54) is 11.8 Å². The number of hydrogen-bond acceptors (Lipinski definition) is 3. The van der Waals surface area contributed by atoms with Gasteiger partial charge in [0.05, 0.1) is 5.75 Å². The van der Waals surface area contributed by atoms with E-state index in [1.54, 1.807) is 6.08 Å². The van der Waals surface area contributed by atoms with Crippen molar-refractivity contribution in [1.82, 2.24) is 4.90 Å². The lowest BCUT2D eigenvalue weighted by atomic mass is 10.5. The fourth-order valence-electron chi connectivity index (χ4n) is 0.631. The zero-order valence-corrected chi connectivity index (χ0v) is 6.13. The molecular formula is C6H7NO2S. The molecule has 0 aromatic rings. The average molecular weight is 157 g/mol. The van der Waals surface area contributed by atoms with Crippen LogP contribution in [0.1, 0.15) is 0 Å². The van der Waals surface area contributed by atoms with E-state index in [-0.39, 0.29) is 5.91 Å². The number of hydrogen-bond donors (Lipinski definition) is 0. The minimum atomic E-state index is -0.120. The summed E-state index contributed by atoms with van der Waals surface area (Å²) in [6.45, 7) is 0.412. The molecule has 1 aliphatic heterocycles. The van der Waals surface area contributed by atoms with Crippen LogP contribution in [-0.2, 0) is 9.59 Å². The predicted octanol–water partition coefficient (Wildman–Crippen LogP) is 0.232. The van der Waals surface area contributed by atoms with E-state index in [4.69, 9.17) is 0 Å². The fraction of sp³-hybridized carbons (Fsp3) is 0.333. The molecule has 0 saturated carbocycles. The molecule has 1 aliphatic rings. The van der Waals surface area contributed by atoms with E-state index < -0.39 is 0 Å². The second kappa shape index (κ2) is 3.41. The van der Waals surface area contributed by atoms with Gasteiger partial charge in [-0.3, -0.25) is 14.5 Å². The van der Waals surface area contributed by atoms with Crippen LogP contribution >= 0.6 is 11.8 Å². The Morgan fingerprint density at radius 3 is 3.20 bits per heavy atom. The fourth-order valence-corrected chi connectivity index (χ4v) is 1.26. The van der Waals surface area contributed by atoms with Crippen LogP contribution in [-0.4, -0.2) is 29.5 Å². The third-order valence-corrected chi connectivity index (χ3v) is 1.95. The molecule has 0 aromatic carbocycles. The molecule has 10 heavy (non-hydrogen) atoms. The van der Waals surface area contributed by atoms with Gasteiger partial charge in [-0.2, -0.15) is 0 Å². The van der Waals surface area contributed by atoms with Crippen molar-refractivity contribution in [2.45, 2.75) is 0 Å². The molecule has 2 amide bonds. The maximum Gasteiger partial charge on any atom is 0.239 e. The summed E-state index contributed by atoms with van der Waals surface area (Å²) in [4.78, 5) is 22.2. The molecule has 0 atom stereocenters. The molecule has 1 heterocycles. The summed E-state index contributed by atoms with van der Waals surface area (Å²) in [5.41, 5.74) is 0. The summed E-state index contributed by atoms with van der Waals surface area (Å²) in [5, 5.41) is 1.83. The van der Waals surface area contributed by atoms with Gasteiger partial charge in [0, 0.05) is 6.54 Å². The lowest BCUT2D eigenvalue weighted by Crippen LogP contribution is -2.30. The molecule has 0 N–H and O–H groups in total. The van der Waals surface area contributed by atoms with E-state index in [0.717, 1.165) is 4.90 Å². The van der Waals surface area contributed by atoms with Crippen molar-refractivity contribution in [2.75, 3.05) is 12.3 Å². The molecule has 4 heteroatoms. The molecule has 0 unspecified atom stereocenters. The normalized spacial score (nSPS) is 18.8. The largest absolute Gasteiger partial charge is 0.281 e. The Hall–Kier alpha value is -0.770. The van der Waals surface area contributed by atoms with Gasteiger partial charge < -0.3 is 0 Å². The highest BCUT2D eigenvalue weighted by atomic mass is 32.2. The van der Waals surface area contributed by atoms with Crippen molar-refractivity contribution in [1.29, 1.82) is 0 Å². The number of thioether (sulfide) groups is 1. The van der Waals surface area contributed by atoms with Crippen LogP contribution in [0.25, 0.3) is 0 Å². The summed E-state index contributed by atoms with van der Waals surface area (Å²) in [6.07, 6.45) is 2.36. The van der Waals surface area contributed by atoms with Crippen LogP contribution < -0.4 is 0 Å². The highest BCUT2D eigenvalue weighted by molar-refractivity contribution is 8.02. The highest BCUT2D eigenvalue weighted by Crippen LogP contribution is 2.07. The number of imide groups is 1. The first-order valence-corrected chi connectivity index (χ1v) is 3.91. The van der Waals surface area contributed by atoms with Crippen LogP contribution in [0.3, 0.4) is 0 Å². The van der Waals surface area contributed by atoms with Crippen molar-refractivity contribution in [3.05, 3.63) is 11.5 Å². The van der Waals surface area contributed by atoms with E-state index >= 15 is 0 Å². The third-order valence-electron chi connectivity index (χ3n) is 1.15. The standard InChI is InChI=1S/C6H7NO2S/c8-5-7-2-1-3-10-4-6(7)9/h1,3,5H,2,4H2. The minimum absolute atomic E-state index is 0.120. The molecule has 0 fully saturated rings.